The van der Waals surface area contributed by atoms with Gasteiger partial charge in [0.1, 0.15) is 30.5 Å². The van der Waals surface area contributed by atoms with Crippen molar-refractivity contribution in [1.82, 2.24) is 4.90 Å². The van der Waals surface area contributed by atoms with Gasteiger partial charge in [0.2, 0.25) is 0 Å². The molecule has 0 radical (unpaired) electrons. The molecule has 1 heterocycles. The van der Waals surface area contributed by atoms with E-state index in [0.29, 0.717) is 30.9 Å². The molecule has 0 bridgehead atoms. The number of fused-ring (bicyclic) bond motifs is 1. The van der Waals surface area contributed by atoms with Crippen LogP contribution in [0.4, 0.5) is 0 Å². The van der Waals surface area contributed by atoms with Gasteiger partial charge in [-0.1, -0.05) is 54.6 Å². The van der Waals surface area contributed by atoms with Crippen LogP contribution in [0.15, 0.2) is 89.5 Å². The largest absolute Gasteiger partial charge is 0.491 e. The number of hydrogen-bond donors (Lipinski definition) is 1. The standard InChI is InChI=1S/C26H25NO4/c28-18-20-6-3-10-24(14-20)31-19-23(29)16-27(17-25-11-5-13-30-25)15-22-9-4-8-21-7-1-2-12-26(21)22/h1-14,18,23,29H,15-17,19H2. The molecule has 0 fully saturated rings. The Bertz CT molecular complexity index is 1120. The lowest BCUT2D eigenvalue weighted by molar-refractivity contribution is 0.0606. The second kappa shape index (κ2) is 10.1. The molecule has 1 aromatic heterocycles. The zero-order chi connectivity index (χ0) is 21.5. The molecule has 5 heteroatoms. The lowest BCUT2D eigenvalue weighted by Gasteiger charge is -2.25. The first kappa shape index (κ1) is 20.8. The van der Waals surface area contributed by atoms with Crippen LogP contribution in [0.3, 0.4) is 0 Å². The SMILES string of the molecule is O=Cc1cccc(OCC(O)CN(Cc2ccco2)Cc2cccc3ccccc23)c1. The Labute approximate surface area is 181 Å². The van der Waals surface area contributed by atoms with Crippen molar-refractivity contribution in [3.63, 3.8) is 0 Å². The highest BCUT2D eigenvalue weighted by Gasteiger charge is 2.16. The third kappa shape index (κ3) is 5.60. The average Bonchev–Trinajstić information content (AvgIpc) is 3.31. The molecular weight excluding hydrogens is 390 g/mol. The van der Waals surface area contributed by atoms with E-state index in [9.17, 15) is 9.90 Å². The minimum absolute atomic E-state index is 0.131. The fraction of sp³-hybridized carbons (Fsp3) is 0.192. The van der Waals surface area contributed by atoms with Gasteiger partial charge in [-0.25, -0.2) is 0 Å². The summed E-state index contributed by atoms with van der Waals surface area (Å²) in [5.74, 6) is 1.40. The lowest BCUT2D eigenvalue weighted by Crippen LogP contribution is -2.35. The van der Waals surface area contributed by atoms with Crippen LogP contribution in [0.2, 0.25) is 0 Å². The van der Waals surface area contributed by atoms with Crippen LogP contribution >= 0.6 is 0 Å². The summed E-state index contributed by atoms with van der Waals surface area (Å²) in [6.07, 6.45) is 1.73. The van der Waals surface area contributed by atoms with Gasteiger partial charge in [-0.05, 0) is 40.6 Å². The van der Waals surface area contributed by atoms with Gasteiger partial charge in [0, 0.05) is 18.7 Å². The highest BCUT2D eigenvalue weighted by atomic mass is 16.5. The van der Waals surface area contributed by atoms with Crippen molar-refractivity contribution in [2.75, 3.05) is 13.2 Å². The number of ether oxygens (including phenoxy) is 1. The minimum atomic E-state index is -0.704. The summed E-state index contributed by atoms with van der Waals surface area (Å²) in [5, 5.41) is 13.1. The number of rotatable bonds is 10. The number of hydrogen-bond acceptors (Lipinski definition) is 5. The van der Waals surface area contributed by atoms with Crippen LogP contribution in [0.5, 0.6) is 5.75 Å². The fourth-order valence-corrected chi connectivity index (χ4v) is 3.70. The molecule has 1 N–H and O–H groups in total. The molecule has 0 aliphatic carbocycles. The van der Waals surface area contributed by atoms with Gasteiger partial charge in [-0.2, -0.15) is 0 Å². The number of carbonyl (C=O) groups is 1. The van der Waals surface area contributed by atoms with Gasteiger partial charge >= 0.3 is 0 Å². The van der Waals surface area contributed by atoms with Crippen molar-refractivity contribution in [2.24, 2.45) is 0 Å². The fourth-order valence-electron chi connectivity index (χ4n) is 3.70. The Morgan fingerprint density at radius 2 is 1.81 bits per heavy atom. The van der Waals surface area contributed by atoms with Crippen LogP contribution < -0.4 is 4.74 Å². The minimum Gasteiger partial charge on any atom is -0.491 e. The number of furan rings is 1. The van der Waals surface area contributed by atoms with Crippen molar-refractivity contribution in [1.29, 1.82) is 0 Å². The Morgan fingerprint density at radius 3 is 2.65 bits per heavy atom. The zero-order valence-electron chi connectivity index (χ0n) is 17.2. The summed E-state index contributed by atoms with van der Waals surface area (Å²) in [6, 6.07) is 25.3. The molecule has 4 rings (SSSR count). The van der Waals surface area contributed by atoms with Crippen molar-refractivity contribution >= 4 is 17.1 Å². The van der Waals surface area contributed by atoms with E-state index in [4.69, 9.17) is 9.15 Å². The second-order valence-electron chi connectivity index (χ2n) is 7.54. The first-order valence-electron chi connectivity index (χ1n) is 10.3. The third-order valence-corrected chi connectivity index (χ3v) is 5.14. The van der Waals surface area contributed by atoms with E-state index in [1.165, 1.54) is 16.3 Å². The Hall–Kier alpha value is -3.41. The summed E-state index contributed by atoms with van der Waals surface area (Å²) < 4.78 is 11.2. The molecule has 3 aromatic carbocycles. The molecule has 0 aliphatic rings. The molecule has 31 heavy (non-hydrogen) atoms. The predicted octanol–water partition coefficient (Wildman–Crippen LogP) is 4.69. The number of benzene rings is 3. The van der Waals surface area contributed by atoms with Gasteiger partial charge in [0.15, 0.2) is 0 Å². The van der Waals surface area contributed by atoms with Crippen LogP contribution in [0.1, 0.15) is 21.7 Å². The van der Waals surface area contributed by atoms with Crippen molar-refractivity contribution < 1.29 is 19.1 Å². The van der Waals surface area contributed by atoms with E-state index in [2.05, 4.69) is 35.2 Å². The Morgan fingerprint density at radius 1 is 0.968 bits per heavy atom. The maximum atomic E-state index is 10.9. The van der Waals surface area contributed by atoms with Gasteiger partial charge < -0.3 is 14.3 Å². The molecule has 1 atom stereocenters. The van der Waals surface area contributed by atoms with E-state index in [1.807, 2.05) is 24.3 Å². The number of aldehydes is 1. The number of nitrogens with zero attached hydrogens (tertiary/aromatic N) is 1. The van der Waals surface area contributed by atoms with Crippen molar-refractivity contribution in [3.05, 3.63) is 102 Å². The number of carbonyl (C=O) groups excluding carboxylic acids is 1. The van der Waals surface area contributed by atoms with E-state index in [0.717, 1.165) is 12.0 Å². The molecule has 0 saturated heterocycles. The maximum absolute atomic E-state index is 10.9. The number of aliphatic hydroxyl groups excluding tert-OH is 1. The molecule has 1 unspecified atom stereocenters. The first-order chi connectivity index (χ1) is 15.2. The maximum Gasteiger partial charge on any atom is 0.150 e. The molecular formula is C26H25NO4. The van der Waals surface area contributed by atoms with Crippen molar-refractivity contribution in [3.8, 4) is 5.75 Å². The van der Waals surface area contributed by atoms with E-state index < -0.39 is 6.10 Å². The lowest BCUT2D eigenvalue weighted by atomic mass is 10.0. The number of aliphatic hydroxyl groups is 1. The molecule has 158 valence electrons. The summed E-state index contributed by atoms with van der Waals surface area (Å²) in [4.78, 5) is 13.1. The van der Waals surface area contributed by atoms with Gasteiger partial charge in [0.25, 0.3) is 0 Å². The van der Waals surface area contributed by atoms with Crippen LogP contribution in [0.25, 0.3) is 10.8 Å². The molecule has 0 saturated carbocycles. The highest BCUT2D eigenvalue weighted by molar-refractivity contribution is 5.85. The van der Waals surface area contributed by atoms with Gasteiger partial charge in [-0.3, -0.25) is 9.69 Å². The summed E-state index contributed by atoms with van der Waals surface area (Å²) in [5.41, 5.74) is 1.74. The third-order valence-electron chi connectivity index (χ3n) is 5.14. The normalized spacial score (nSPS) is 12.2. The summed E-state index contributed by atoms with van der Waals surface area (Å²) in [6.45, 7) is 1.79. The zero-order valence-corrected chi connectivity index (χ0v) is 17.2. The first-order valence-corrected chi connectivity index (χ1v) is 10.3. The monoisotopic (exact) mass is 415 g/mol. The second-order valence-corrected chi connectivity index (χ2v) is 7.54. The van der Waals surface area contributed by atoms with Gasteiger partial charge in [-0.15, -0.1) is 0 Å². The quantitative estimate of drug-likeness (QED) is 0.381. The van der Waals surface area contributed by atoms with Crippen LogP contribution in [-0.4, -0.2) is 35.5 Å². The Balaban J connectivity index is 1.46. The summed E-state index contributed by atoms with van der Waals surface area (Å²) in [7, 11) is 0. The molecule has 5 nitrogen and oxygen atoms in total. The predicted molar refractivity (Wildman–Crippen MR) is 120 cm³/mol. The molecule has 4 aromatic rings. The van der Waals surface area contributed by atoms with Crippen LogP contribution in [-0.2, 0) is 13.1 Å². The Kier molecular flexibility index (Phi) is 6.77. The highest BCUT2D eigenvalue weighted by Crippen LogP contribution is 2.21. The molecule has 0 amide bonds. The van der Waals surface area contributed by atoms with Crippen LogP contribution in [0, 0.1) is 0 Å². The van der Waals surface area contributed by atoms with E-state index >= 15 is 0 Å². The smallest absolute Gasteiger partial charge is 0.150 e. The molecule has 0 spiro atoms. The van der Waals surface area contributed by atoms with Crippen molar-refractivity contribution in [2.45, 2.75) is 19.2 Å². The van der Waals surface area contributed by atoms with Gasteiger partial charge in [0.05, 0.1) is 12.8 Å². The average molecular weight is 415 g/mol. The molecule has 0 aliphatic heterocycles. The van der Waals surface area contributed by atoms with E-state index in [-0.39, 0.29) is 6.61 Å². The van der Waals surface area contributed by atoms with E-state index in [1.54, 1.807) is 30.5 Å². The summed E-state index contributed by atoms with van der Waals surface area (Å²) >= 11 is 0. The topological polar surface area (TPSA) is 62.9 Å².